The Kier molecular flexibility index (Phi) is 6.23. The molecule has 0 saturated carbocycles. The Morgan fingerprint density at radius 2 is 2.21 bits per heavy atom. The first-order chi connectivity index (χ1) is 6.83. The molecule has 0 aliphatic rings. The van der Waals surface area contributed by atoms with Crippen molar-refractivity contribution in [2.45, 2.75) is 49.5 Å². The fraction of sp³-hybridized carbons (Fsp3) is 0.727. The summed E-state index contributed by atoms with van der Waals surface area (Å²) in [6.07, 6.45) is 12.6. The molecule has 1 aromatic heterocycles. The molecule has 1 heterocycles. The lowest BCUT2D eigenvalue weighted by Gasteiger charge is -2.09. The predicted octanol–water partition coefficient (Wildman–Crippen LogP) is 3.66. The van der Waals surface area contributed by atoms with Crippen LogP contribution >= 0.6 is 22.6 Å². The van der Waals surface area contributed by atoms with Gasteiger partial charge in [-0.25, -0.2) is 4.98 Å². The number of aromatic nitrogens is 2. The van der Waals surface area contributed by atoms with Crippen LogP contribution in [0.15, 0.2) is 18.7 Å². The Balaban J connectivity index is 2.07. The zero-order chi connectivity index (χ0) is 10.2. The number of rotatable bonds is 7. The number of nitrogens with zero attached hydrogens (tertiary/aromatic N) is 2. The van der Waals surface area contributed by atoms with Crippen LogP contribution in [0.3, 0.4) is 0 Å². The van der Waals surface area contributed by atoms with Crippen LogP contribution in [-0.2, 0) is 6.54 Å². The molecule has 0 radical (unpaired) electrons. The minimum atomic E-state index is 0.749. The molecule has 1 rings (SSSR count). The summed E-state index contributed by atoms with van der Waals surface area (Å²) in [5, 5.41) is 0. The summed E-state index contributed by atoms with van der Waals surface area (Å²) in [7, 11) is 0. The van der Waals surface area contributed by atoms with Gasteiger partial charge in [-0.15, -0.1) is 0 Å². The molecule has 1 unspecified atom stereocenters. The van der Waals surface area contributed by atoms with Gasteiger partial charge in [0.15, 0.2) is 0 Å². The largest absolute Gasteiger partial charge is 0.336 e. The van der Waals surface area contributed by atoms with E-state index in [9.17, 15) is 0 Å². The van der Waals surface area contributed by atoms with Crippen LogP contribution in [0.5, 0.6) is 0 Å². The molecule has 0 amide bonds. The lowest BCUT2D eigenvalue weighted by molar-refractivity contribution is 0.581. The van der Waals surface area contributed by atoms with Crippen molar-refractivity contribution in [3.8, 4) is 0 Å². The smallest absolute Gasteiger partial charge is 0.0946 e. The van der Waals surface area contributed by atoms with Gasteiger partial charge in [-0.3, -0.25) is 0 Å². The lowest BCUT2D eigenvalue weighted by atomic mass is 10.1. The van der Waals surface area contributed by atoms with Crippen molar-refractivity contribution in [1.29, 1.82) is 0 Å². The molecule has 0 aliphatic heterocycles. The van der Waals surface area contributed by atoms with E-state index in [0.717, 1.165) is 10.5 Å². The zero-order valence-electron chi connectivity index (χ0n) is 8.82. The number of unbranched alkanes of at least 4 members (excludes halogenated alkanes) is 3. The average Bonchev–Trinajstić information content (AvgIpc) is 2.65. The maximum atomic E-state index is 4.04. The van der Waals surface area contributed by atoms with Crippen LogP contribution in [-0.4, -0.2) is 13.5 Å². The standard InChI is InChI=1S/C11H19IN2/c1-2-3-4-5-6-11(12)9-14-8-7-13-10-14/h7-8,10-11H,2-6,9H2,1H3. The van der Waals surface area contributed by atoms with Crippen molar-refractivity contribution < 1.29 is 0 Å². The summed E-state index contributed by atoms with van der Waals surface area (Å²) in [6.45, 7) is 3.36. The highest BCUT2D eigenvalue weighted by atomic mass is 127. The van der Waals surface area contributed by atoms with Crippen LogP contribution in [0.1, 0.15) is 39.0 Å². The molecular weight excluding hydrogens is 287 g/mol. The number of halogens is 1. The van der Waals surface area contributed by atoms with Crippen molar-refractivity contribution in [2.24, 2.45) is 0 Å². The first-order valence-electron chi connectivity index (χ1n) is 5.42. The van der Waals surface area contributed by atoms with Gasteiger partial charge in [0, 0.05) is 22.9 Å². The summed E-state index contributed by atoms with van der Waals surface area (Å²) >= 11 is 2.55. The zero-order valence-corrected chi connectivity index (χ0v) is 11.0. The summed E-state index contributed by atoms with van der Waals surface area (Å²) in [5.74, 6) is 0. The lowest BCUT2D eigenvalue weighted by Crippen LogP contribution is -2.08. The first-order valence-corrected chi connectivity index (χ1v) is 6.67. The van der Waals surface area contributed by atoms with E-state index >= 15 is 0 Å². The van der Waals surface area contributed by atoms with Crippen LogP contribution < -0.4 is 0 Å². The van der Waals surface area contributed by atoms with E-state index in [1.165, 1.54) is 32.1 Å². The Labute approximate surface area is 100 Å². The highest BCUT2D eigenvalue weighted by molar-refractivity contribution is 14.1. The van der Waals surface area contributed by atoms with Gasteiger partial charge in [-0.05, 0) is 6.42 Å². The average molecular weight is 306 g/mol. The highest BCUT2D eigenvalue weighted by Crippen LogP contribution is 2.14. The molecule has 2 nitrogen and oxygen atoms in total. The SMILES string of the molecule is CCCCCCC(I)Cn1ccnc1. The quantitative estimate of drug-likeness (QED) is 0.427. The van der Waals surface area contributed by atoms with Gasteiger partial charge in [0.05, 0.1) is 6.33 Å². The molecule has 1 aromatic rings. The summed E-state index contributed by atoms with van der Waals surface area (Å²) in [4.78, 5) is 4.04. The number of hydrogen-bond acceptors (Lipinski definition) is 1. The van der Waals surface area contributed by atoms with Gasteiger partial charge >= 0.3 is 0 Å². The minimum Gasteiger partial charge on any atom is -0.336 e. The van der Waals surface area contributed by atoms with Crippen LogP contribution in [0.4, 0.5) is 0 Å². The molecule has 3 heteroatoms. The van der Waals surface area contributed by atoms with Crippen molar-refractivity contribution in [1.82, 2.24) is 9.55 Å². The molecule has 14 heavy (non-hydrogen) atoms. The number of imidazole rings is 1. The van der Waals surface area contributed by atoms with Crippen molar-refractivity contribution in [3.63, 3.8) is 0 Å². The van der Waals surface area contributed by atoms with Crippen LogP contribution in [0.2, 0.25) is 0 Å². The molecule has 0 spiro atoms. The maximum Gasteiger partial charge on any atom is 0.0946 e. The van der Waals surface area contributed by atoms with Crippen LogP contribution in [0, 0.1) is 0 Å². The van der Waals surface area contributed by atoms with E-state index in [-0.39, 0.29) is 0 Å². The normalized spacial score (nSPS) is 13.0. The highest BCUT2D eigenvalue weighted by Gasteiger charge is 2.03. The van der Waals surface area contributed by atoms with E-state index in [4.69, 9.17) is 0 Å². The summed E-state index contributed by atoms with van der Waals surface area (Å²) in [5.41, 5.74) is 0. The fourth-order valence-electron chi connectivity index (χ4n) is 1.51. The Bertz CT molecular complexity index is 221. The monoisotopic (exact) mass is 306 g/mol. The number of alkyl halides is 1. The summed E-state index contributed by atoms with van der Waals surface area (Å²) < 4.78 is 2.91. The van der Waals surface area contributed by atoms with Gasteiger partial charge in [0.1, 0.15) is 0 Å². The molecule has 80 valence electrons. The van der Waals surface area contributed by atoms with E-state index in [2.05, 4.69) is 39.1 Å². The van der Waals surface area contributed by atoms with Crippen LogP contribution in [0.25, 0.3) is 0 Å². The van der Waals surface area contributed by atoms with Crippen molar-refractivity contribution >= 4 is 22.6 Å². The van der Waals surface area contributed by atoms with E-state index in [1.54, 1.807) is 0 Å². The Hall–Kier alpha value is -0.0600. The molecule has 0 saturated heterocycles. The first kappa shape index (κ1) is 12.0. The third-order valence-electron chi connectivity index (χ3n) is 2.34. The van der Waals surface area contributed by atoms with Gasteiger partial charge in [-0.1, -0.05) is 55.2 Å². The van der Waals surface area contributed by atoms with Crippen molar-refractivity contribution in [3.05, 3.63) is 18.7 Å². The van der Waals surface area contributed by atoms with Gasteiger partial charge in [0.25, 0.3) is 0 Å². The van der Waals surface area contributed by atoms with Gasteiger partial charge in [-0.2, -0.15) is 0 Å². The Morgan fingerprint density at radius 3 is 2.86 bits per heavy atom. The topological polar surface area (TPSA) is 17.8 Å². The van der Waals surface area contributed by atoms with Gasteiger partial charge in [0.2, 0.25) is 0 Å². The summed E-state index contributed by atoms with van der Waals surface area (Å²) in [6, 6.07) is 0. The molecule has 0 bridgehead atoms. The third-order valence-corrected chi connectivity index (χ3v) is 3.36. The van der Waals surface area contributed by atoms with E-state index in [0.29, 0.717) is 0 Å². The molecular formula is C11H19IN2. The van der Waals surface area contributed by atoms with E-state index in [1.807, 2.05) is 18.7 Å². The molecule has 0 aliphatic carbocycles. The number of hydrogen-bond donors (Lipinski definition) is 0. The Morgan fingerprint density at radius 1 is 1.36 bits per heavy atom. The second-order valence-electron chi connectivity index (χ2n) is 3.71. The minimum absolute atomic E-state index is 0.749. The van der Waals surface area contributed by atoms with E-state index < -0.39 is 0 Å². The fourth-order valence-corrected chi connectivity index (χ4v) is 2.40. The van der Waals surface area contributed by atoms with Gasteiger partial charge < -0.3 is 4.57 Å². The molecule has 0 aromatic carbocycles. The van der Waals surface area contributed by atoms with Crippen molar-refractivity contribution in [2.75, 3.05) is 0 Å². The predicted molar refractivity (Wildman–Crippen MR) is 68.8 cm³/mol. The second kappa shape index (κ2) is 7.26. The molecule has 0 fully saturated rings. The maximum absolute atomic E-state index is 4.04. The molecule has 0 N–H and O–H groups in total. The third kappa shape index (κ3) is 4.98. The molecule has 1 atom stereocenters. The second-order valence-corrected chi connectivity index (χ2v) is 5.47.